The molecule has 48 valence electrons. The lowest BCUT2D eigenvalue weighted by atomic mass is 10.1. The largest absolute Gasteiger partial charge is 0.402 e. The minimum absolute atomic E-state index is 0.509. The fourth-order valence-corrected chi connectivity index (χ4v) is 0.471. The van der Waals surface area contributed by atoms with Gasteiger partial charge in [0.25, 0.3) is 0 Å². The first-order chi connectivity index (χ1) is 3.68. The lowest BCUT2D eigenvalue weighted by molar-refractivity contribution is 0.750. The molecule has 0 bridgehead atoms. The normalized spacial score (nSPS) is 12.8. The van der Waals surface area contributed by atoms with Crippen molar-refractivity contribution in [2.24, 2.45) is 11.7 Å². The zero-order valence-electron chi connectivity index (χ0n) is 5.94. The standard InChI is InChI=1S/C7H15N/c1-4-5-7(8)6(2)3/h5-6H,4,8H2,1-3H3. The zero-order chi connectivity index (χ0) is 6.57. The van der Waals surface area contributed by atoms with Gasteiger partial charge in [-0.2, -0.15) is 0 Å². The van der Waals surface area contributed by atoms with Gasteiger partial charge in [-0.15, -0.1) is 0 Å². The fraction of sp³-hybridized carbons (Fsp3) is 0.714. The zero-order valence-corrected chi connectivity index (χ0v) is 5.94. The molecular formula is C7H15N. The third kappa shape index (κ3) is 2.67. The molecule has 0 fully saturated rings. The van der Waals surface area contributed by atoms with Crippen molar-refractivity contribution in [1.29, 1.82) is 0 Å². The van der Waals surface area contributed by atoms with Gasteiger partial charge in [-0.3, -0.25) is 0 Å². The maximum absolute atomic E-state index is 5.59. The molecule has 8 heavy (non-hydrogen) atoms. The Kier molecular flexibility index (Phi) is 3.33. The van der Waals surface area contributed by atoms with E-state index >= 15 is 0 Å². The molecule has 1 nitrogen and oxygen atoms in total. The maximum Gasteiger partial charge on any atom is 0.00658 e. The number of hydrogen-bond acceptors (Lipinski definition) is 1. The van der Waals surface area contributed by atoms with Crippen LogP contribution in [0, 0.1) is 5.92 Å². The second kappa shape index (κ2) is 3.53. The second-order valence-corrected chi connectivity index (χ2v) is 2.27. The molecule has 0 aromatic carbocycles. The molecule has 1 heteroatoms. The third-order valence-electron chi connectivity index (χ3n) is 1.11. The van der Waals surface area contributed by atoms with Gasteiger partial charge in [-0.25, -0.2) is 0 Å². The van der Waals surface area contributed by atoms with Crippen molar-refractivity contribution in [2.75, 3.05) is 0 Å². The van der Waals surface area contributed by atoms with Crippen LogP contribution in [0.15, 0.2) is 11.8 Å². The highest BCUT2D eigenvalue weighted by atomic mass is 14.6. The smallest absolute Gasteiger partial charge is 0.00658 e. The van der Waals surface area contributed by atoms with E-state index in [1.165, 1.54) is 0 Å². The van der Waals surface area contributed by atoms with Crippen molar-refractivity contribution in [3.05, 3.63) is 11.8 Å². The molecule has 0 atom stereocenters. The summed E-state index contributed by atoms with van der Waals surface area (Å²) < 4.78 is 0. The Morgan fingerprint density at radius 2 is 2.12 bits per heavy atom. The first-order valence-electron chi connectivity index (χ1n) is 3.14. The van der Waals surface area contributed by atoms with E-state index in [9.17, 15) is 0 Å². The number of hydrogen-bond donors (Lipinski definition) is 1. The van der Waals surface area contributed by atoms with E-state index in [1.54, 1.807) is 0 Å². The number of allylic oxidation sites excluding steroid dienone is 2. The maximum atomic E-state index is 5.59. The molecule has 0 aliphatic heterocycles. The lowest BCUT2D eigenvalue weighted by Gasteiger charge is -2.02. The Bertz CT molecular complexity index is 82.4. The third-order valence-corrected chi connectivity index (χ3v) is 1.11. The van der Waals surface area contributed by atoms with Crippen molar-refractivity contribution in [3.63, 3.8) is 0 Å². The van der Waals surface area contributed by atoms with Crippen molar-refractivity contribution in [1.82, 2.24) is 0 Å². The van der Waals surface area contributed by atoms with Gasteiger partial charge in [0.2, 0.25) is 0 Å². The minimum Gasteiger partial charge on any atom is -0.402 e. The Hall–Kier alpha value is -0.460. The van der Waals surface area contributed by atoms with E-state index in [2.05, 4.69) is 26.8 Å². The van der Waals surface area contributed by atoms with Gasteiger partial charge >= 0.3 is 0 Å². The first kappa shape index (κ1) is 7.54. The van der Waals surface area contributed by atoms with Crippen molar-refractivity contribution >= 4 is 0 Å². The Morgan fingerprint density at radius 1 is 1.62 bits per heavy atom. The molecule has 0 saturated heterocycles. The van der Waals surface area contributed by atoms with Crippen LogP contribution in [0.2, 0.25) is 0 Å². The van der Waals surface area contributed by atoms with Crippen LogP contribution in [0.4, 0.5) is 0 Å². The first-order valence-corrected chi connectivity index (χ1v) is 3.14. The molecule has 0 aromatic heterocycles. The van der Waals surface area contributed by atoms with Gasteiger partial charge in [0, 0.05) is 5.70 Å². The van der Waals surface area contributed by atoms with Crippen LogP contribution in [-0.2, 0) is 0 Å². The van der Waals surface area contributed by atoms with E-state index in [0.717, 1.165) is 12.1 Å². The topological polar surface area (TPSA) is 26.0 Å². The Balaban J connectivity index is 3.61. The second-order valence-electron chi connectivity index (χ2n) is 2.27. The van der Waals surface area contributed by atoms with Crippen molar-refractivity contribution in [3.8, 4) is 0 Å². The summed E-state index contributed by atoms with van der Waals surface area (Å²) >= 11 is 0. The summed E-state index contributed by atoms with van der Waals surface area (Å²) in [5.74, 6) is 0.509. The molecule has 0 saturated carbocycles. The predicted octanol–water partition coefficient (Wildman–Crippen LogP) is 1.90. The molecule has 0 aliphatic rings. The van der Waals surface area contributed by atoms with Gasteiger partial charge < -0.3 is 5.73 Å². The van der Waals surface area contributed by atoms with Crippen molar-refractivity contribution in [2.45, 2.75) is 27.2 Å². The highest BCUT2D eigenvalue weighted by Crippen LogP contribution is 2.01. The average Bonchev–Trinajstić information content (AvgIpc) is 1.67. The molecule has 0 rings (SSSR count). The summed E-state index contributed by atoms with van der Waals surface area (Å²) in [5.41, 5.74) is 6.60. The van der Waals surface area contributed by atoms with Gasteiger partial charge in [-0.05, 0) is 12.3 Å². The summed E-state index contributed by atoms with van der Waals surface area (Å²) in [5, 5.41) is 0. The summed E-state index contributed by atoms with van der Waals surface area (Å²) in [7, 11) is 0. The van der Waals surface area contributed by atoms with Crippen LogP contribution in [0.3, 0.4) is 0 Å². The molecular weight excluding hydrogens is 98.1 g/mol. The van der Waals surface area contributed by atoms with Gasteiger partial charge in [0.1, 0.15) is 0 Å². The molecule has 0 heterocycles. The van der Waals surface area contributed by atoms with Gasteiger partial charge in [0.05, 0.1) is 0 Å². The highest BCUT2D eigenvalue weighted by molar-refractivity contribution is 4.98. The fourth-order valence-electron chi connectivity index (χ4n) is 0.471. The van der Waals surface area contributed by atoms with Crippen LogP contribution in [0.1, 0.15) is 27.2 Å². The summed E-state index contributed by atoms with van der Waals surface area (Å²) in [4.78, 5) is 0. The molecule has 2 N–H and O–H groups in total. The summed E-state index contributed by atoms with van der Waals surface area (Å²) in [6, 6.07) is 0. The van der Waals surface area contributed by atoms with Crippen LogP contribution in [0.25, 0.3) is 0 Å². The molecule has 0 aliphatic carbocycles. The van der Waals surface area contributed by atoms with Gasteiger partial charge in [0.15, 0.2) is 0 Å². The molecule has 0 unspecified atom stereocenters. The van der Waals surface area contributed by atoms with E-state index < -0.39 is 0 Å². The van der Waals surface area contributed by atoms with E-state index in [-0.39, 0.29) is 0 Å². The monoisotopic (exact) mass is 113 g/mol. The van der Waals surface area contributed by atoms with Crippen LogP contribution < -0.4 is 5.73 Å². The SMILES string of the molecule is CCC=C(N)C(C)C. The highest BCUT2D eigenvalue weighted by Gasteiger charge is 1.92. The van der Waals surface area contributed by atoms with E-state index in [4.69, 9.17) is 5.73 Å². The molecule has 0 amide bonds. The quantitative estimate of drug-likeness (QED) is 0.581. The Labute approximate surface area is 51.6 Å². The van der Waals surface area contributed by atoms with E-state index in [1.807, 2.05) is 0 Å². The van der Waals surface area contributed by atoms with E-state index in [0.29, 0.717) is 5.92 Å². The molecule has 0 radical (unpaired) electrons. The van der Waals surface area contributed by atoms with Crippen LogP contribution in [-0.4, -0.2) is 0 Å². The number of nitrogens with two attached hydrogens (primary N) is 1. The van der Waals surface area contributed by atoms with Gasteiger partial charge in [-0.1, -0.05) is 26.8 Å². The van der Waals surface area contributed by atoms with Crippen LogP contribution >= 0.6 is 0 Å². The number of rotatable bonds is 2. The molecule has 0 spiro atoms. The Morgan fingerprint density at radius 3 is 2.25 bits per heavy atom. The summed E-state index contributed by atoms with van der Waals surface area (Å²) in [6.07, 6.45) is 3.11. The average molecular weight is 113 g/mol. The van der Waals surface area contributed by atoms with Crippen molar-refractivity contribution < 1.29 is 0 Å². The summed E-state index contributed by atoms with van der Waals surface area (Å²) in [6.45, 7) is 6.29. The molecule has 0 aromatic rings. The predicted molar refractivity (Wildman–Crippen MR) is 37.4 cm³/mol. The van der Waals surface area contributed by atoms with Crippen LogP contribution in [0.5, 0.6) is 0 Å². The minimum atomic E-state index is 0.509. The lowest BCUT2D eigenvalue weighted by Crippen LogP contribution is -2.03.